The molecular weight excluding hydrogens is 352 g/mol. The molecule has 0 aliphatic rings. The Morgan fingerprint density at radius 2 is 2.00 bits per heavy atom. The smallest absolute Gasteiger partial charge is 0.258 e. The van der Waals surface area contributed by atoms with E-state index in [0.29, 0.717) is 5.69 Å². The number of carbonyl (C=O) groups excluding carboxylic acids is 2. The molecule has 2 amide bonds. The number of ether oxygens (including phenoxy) is 1. The number of halogens is 1. The fourth-order valence-electron chi connectivity index (χ4n) is 1.77. The number of hydrogen-bond acceptors (Lipinski definition) is 4. The summed E-state index contributed by atoms with van der Waals surface area (Å²) in [7, 11) is 3.11. The predicted molar refractivity (Wildman–Crippen MR) is 84.9 cm³/mol. The van der Waals surface area contributed by atoms with Crippen LogP contribution < -0.4 is 15.4 Å². The van der Waals surface area contributed by atoms with Crippen LogP contribution in [0.15, 0.2) is 34.9 Å². The quantitative estimate of drug-likeness (QED) is 0.840. The molecule has 0 saturated heterocycles. The molecule has 0 bridgehead atoms. The van der Waals surface area contributed by atoms with E-state index >= 15 is 0 Å². The van der Waals surface area contributed by atoms with Gasteiger partial charge < -0.3 is 15.4 Å². The van der Waals surface area contributed by atoms with Crippen LogP contribution in [0, 0.1) is 0 Å². The van der Waals surface area contributed by atoms with E-state index in [4.69, 9.17) is 4.74 Å². The maximum absolute atomic E-state index is 12.0. The molecule has 22 heavy (non-hydrogen) atoms. The molecule has 116 valence electrons. The molecule has 0 radical (unpaired) electrons. The van der Waals surface area contributed by atoms with Gasteiger partial charge in [0.1, 0.15) is 5.56 Å². The molecule has 0 aliphatic heterocycles. The number of aromatic nitrogens is 2. The van der Waals surface area contributed by atoms with Gasteiger partial charge in [0.2, 0.25) is 11.8 Å². The second kappa shape index (κ2) is 7.08. The topological polar surface area (TPSA) is 85.2 Å². The third-order valence-corrected chi connectivity index (χ3v) is 3.30. The van der Waals surface area contributed by atoms with E-state index in [0.717, 1.165) is 4.47 Å². The van der Waals surface area contributed by atoms with Crippen LogP contribution in [0.4, 0.5) is 5.69 Å². The summed E-state index contributed by atoms with van der Waals surface area (Å²) >= 11 is 3.31. The Morgan fingerprint density at radius 3 is 2.64 bits per heavy atom. The van der Waals surface area contributed by atoms with E-state index in [2.05, 4.69) is 31.7 Å². The molecule has 0 atom stereocenters. The number of methoxy groups -OCH3 is 1. The Bertz CT molecular complexity index is 682. The van der Waals surface area contributed by atoms with Crippen molar-refractivity contribution in [1.82, 2.24) is 15.1 Å². The van der Waals surface area contributed by atoms with E-state index in [1.165, 1.54) is 18.0 Å². The van der Waals surface area contributed by atoms with Gasteiger partial charge in [-0.2, -0.15) is 0 Å². The first-order chi connectivity index (χ1) is 10.5. The van der Waals surface area contributed by atoms with Crippen molar-refractivity contribution >= 4 is 33.4 Å². The zero-order valence-corrected chi connectivity index (χ0v) is 13.7. The molecule has 1 heterocycles. The highest BCUT2D eigenvalue weighted by atomic mass is 79.9. The normalized spacial score (nSPS) is 10.1. The number of nitrogens with one attached hydrogen (secondary N) is 2. The van der Waals surface area contributed by atoms with Crippen LogP contribution in [-0.4, -0.2) is 35.2 Å². The molecule has 0 saturated carbocycles. The molecule has 0 spiro atoms. The number of carbonyl (C=O) groups is 2. The Kier molecular flexibility index (Phi) is 5.16. The van der Waals surface area contributed by atoms with E-state index in [-0.39, 0.29) is 23.9 Å². The van der Waals surface area contributed by atoms with Crippen molar-refractivity contribution in [2.24, 2.45) is 7.05 Å². The number of benzene rings is 1. The molecule has 0 aliphatic carbocycles. The summed E-state index contributed by atoms with van der Waals surface area (Å²) in [6.45, 7) is -0.146. The Labute approximate surface area is 135 Å². The van der Waals surface area contributed by atoms with Crippen molar-refractivity contribution < 1.29 is 14.3 Å². The Morgan fingerprint density at radius 1 is 1.32 bits per heavy atom. The first-order valence-corrected chi connectivity index (χ1v) is 7.20. The number of rotatable bonds is 5. The highest BCUT2D eigenvalue weighted by Gasteiger charge is 2.16. The molecular formula is C14H15BrN4O3. The maximum Gasteiger partial charge on any atom is 0.258 e. The van der Waals surface area contributed by atoms with E-state index in [1.54, 1.807) is 19.2 Å². The van der Waals surface area contributed by atoms with Crippen LogP contribution in [0.3, 0.4) is 0 Å². The van der Waals surface area contributed by atoms with Crippen LogP contribution in [-0.2, 0) is 11.8 Å². The summed E-state index contributed by atoms with van der Waals surface area (Å²) in [5.41, 5.74) is 0.933. The molecule has 2 aromatic rings. The molecule has 2 rings (SSSR count). The average molecular weight is 367 g/mol. The van der Waals surface area contributed by atoms with Gasteiger partial charge in [0.25, 0.3) is 5.91 Å². The predicted octanol–water partition coefficient (Wildman–Crippen LogP) is 1.56. The van der Waals surface area contributed by atoms with E-state index in [9.17, 15) is 9.59 Å². The lowest BCUT2D eigenvalue weighted by Crippen LogP contribution is -2.32. The molecule has 0 unspecified atom stereocenters. The van der Waals surface area contributed by atoms with Gasteiger partial charge in [0, 0.05) is 23.4 Å². The van der Waals surface area contributed by atoms with Gasteiger partial charge in [0.15, 0.2) is 0 Å². The molecule has 8 heteroatoms. The van der Waals surface area contributed by atoms with E-state index < -0.39 is 5.91 Å². The first-order valence-electron chi connectivity index (χ1n) is 6.41. The van der Waals surface area contributed by atoms with E-state index in [1.807, 2.05) is 12.1 Å². The lowest BCUT2D eigenvalue weighted by molar-refractivity contribution is -0.115. The zero-order valence-electron chi connectivity index (χ0n) is 12.1. The minimum atomic E-state index is -0.420. The highest BCUT2D eigenvalue weighted by molar-refractivity contribution is 9.10. The van der Waals surface area contributed by atoms with Gasteiger partial charge in [-0.3, -0.25) is 14.3 Å². The van der Waals surface area contributed by atoms with Crippen molar-refractivity contribution in [3.05, 3.63) is 40.5 Å². The summed E-state index contributed by atoms with van der Waals surface area (Å²) in [6, 6.07) is 7.14. The van der Waals surface area contributed by atoms with Crippen LogP contribution in [0.2, 0.25) is 0 Å². The van der Waals surface area contributed by atoms with Gasteiger partial charge in [-0.15, -0.1) is 5.10 Å². The third kappa shape index (κ3) is 4.08. The fraction of sp³-hybridized carbons (Fsp3) is 0.214. The Hall–Kier alpha value is -2.35. The molecule has 2 N–H and O–H groups in total. The van der Waals surface area contributed by atoms with Crippen LogP contribution in [0.1, 0.15) is 10.4 Å². The van der Waals surface area contributed by atoms with Crippen molar-refractivity contribution in [2.75, 3.05) is 19.0 Å². The van der Waals surface area contributed by atoms with Crippen molar-refractivity contribution in [3.63, 3.8) is 0 Å². The van der Waals surface area contributed by atoms with Gasteiger partial charge in [-0.25, -0.2) is 0 Å². The van der Waals surface area contributed by atoms with Crippen molar-refractivity contribution in [2.45, 2.75) is 0 Å². The fourth-order valence-corrected chi connectivity index (χ4v) is 2.03. The van der Waals surface area contributed by atoms with Crippen molar-refractivity contribution in [3.8, 4) is 5.88 Å². The van der Waals surface area contributed by atoms with Gasteiger partial charge in [-0.1, -0.05) is 15.9 Å². The van der Waals surface area contributed by atoms with Crippen LogP contribution >= 0.6 is 15.9 Å². The summed E-state index contributed by atoms with van der Waals surface area (Å²) in [5, 5.41) is 9.19. The molecule has 1 aromatic heterocycles. The number of nitrogens with zero attached hydrogens (tertiary/aromatic N) is 2. The average Bonchev–Trinajstić information content (AvgIpc) is 2.88. The molecule has 1 aromatic carbocycles. The van der Waals surface area contributed by atoms with Crippen LogP contribution in [0.5, 0.6) is 5.88 Å². The molecule has 0 fully saturated rings. The minimum absolute atomic E-state index is 0.146. The summed E-state index contributed by atoms with van der Waals surface area (Å²) in [4.78, 5) is 23.8. The highest BCUT2D eigenvalue weighted by Crippen LogP contribution is 2.15. The summed E-state index contributed by atoms with van der Waals surface area (Å²) in [6.07, 6.45) is 1.53. The second-order valence-electron chi connectivity index (χ2n) is 4.46. The number of aryl methyl sites for hydroxylation is 1. The van der Waals surface area contributed by atoms with Gasteiger partial charge in [0.05, 0.1) is 13.7 Å². The Balaban J connectivity index is 1.90. The minimum Gasteiger partial charge on any atom is -0.479 e. The SMILES string of the molecule is COc1nn(C)cc1C(=O)NCC(=O)Nc1ccc(Br)cc1. The zero-order chi connectivity index (χ0) is 16.1. The monoisotopic (exact) mass is 366 g/mol. The third-order valence-electron chi connectivity index (χ3n) is 2.77. The number of amides is 2. The van der Waals surface area contributed by atoms with Crippen LogP contribution in [0.25, 0.3) is 0 Å². The second-order valence-corrected chi connectivity index (χ2v) is 5.38. The first kappa shape index (κ1) is 16.0. The van der Waals surface area contributed by atoms with Gasteiger partial charge >= 0.3 is 0 Å². The van der Waals surface area contributed by atoms with Crippen molar-refractivity contribution in [1.29, 1.82) is 0 Å². The standard InChI is InChI=1S/C14H15BrN4O3/c1-19-8-11(14(18-19)22-2)13(21)16-7-12(20)17-10-5-3-9(15)4-6-10/h3-6,8H,7H2,1-2H3,(H,16,21)(H,17,20). The number of anilines is 1. The molecule has 7 nitrogen and oxygen atoms in total. The maximum atomic E-state index is 12.0. The summed E-state index contributed by atoms with van der Waals surface area (Å²) < 4.78 is 7.39. The lowest BCUT2D eigenvalue weighted by atomic mass is 10.3. The number of hydrogen-bond donors (Lipinski definition) is 2. The van der Waals surface area contributed by atoms with Gasteiger partial charge in [-0.05, 0) is 24.3 Å². The summed E-state index contributed by atoms with van der Waals surface area (Å²) in [5.74, 6) is -0.525. The largest absolute Gasteiger partial charge is 0.479 e. The lowest BCUT2D eigenvalue weighted by Gasteiger charge is -2.07.